The largest absolute Gasteiger partial charge is 1.00 e. The van der Waals surface area contributed by atoms with Crippen LogP contribution in [0.3, 0.4) is 0 Å². The van der Waals surface area contributed by atoms with Crippen LogP contribution in [-0.2, 0) is 4.74 Å². The molecule has 5 heteroatoms. The number of halogens is 2. The highest BCUT2D eigenvalue weighted by Crippen LogP contribution is 1.97. The zero-order chi connectivity index (χ0) is 13.2. The van der Waals surface area contributed by atoms with Crippen LogP contribution in [0, 0.1) is 11.8 Å². The normalized spacial score (nSPS) is 14.3. The second-order valence-corrected chi connectivity index (χ2v) is 4.65. The van der Waals surface area contributed by atoms with Crippen molar-refractivity contribution < 1.29 is 29.6 Å². The summed E-state index contributed by atoms with van der Waals surface area (Å²) in [5.74, 6) is 6.29. The molecule has 0 unspecified atom stereocenters. The van der Waals surface area contributed by atoms with Gasteiger partial charge in [0.05, 0.1) is 19.8 Å². The summed E-state index contributed by atoms with van der Waals surface area (Å²) in [5.41, 5.74) is 1.08. The Morgan fingerprint density at radius 1 is 1.10 bits per heavy atom. The highest BCUT2D eigenvalue weighted by molar-refractivity contribution is 5.33. The topological polar surface area (TPSA) is 24.5 Å². The van der Waals surface area contributed by atoms with E-state index < -0.39 is 0 Å². The molecule has 0 aliphatic carbocycles. The Morgan fingerprint density at radius 2 is 1.81 bits per heavy atom. The lowest BCUT2D eigenvalue weighted by Gasteiger charge is -2.26. The fourth-order valence-corrected chi connectivity index (χ4v) is 2.07. The summed E-state index contributed by atoms with van der Waals surface area (Å²) in [7, 11) is 0. The van der Waals surface area contributed by atoms with Gasteiger partial charge in [0, 0.05) is 18.7 Å². The van der Waals surface area contributed by atoms with Gasteiger partial charge in [-0.1, -0.05) is 30.0 Å². The molecule has 0 aromatic heterocycles. The van der Waals surface area contributed by atoms with Gasteiger partial charge >= 0.3 is 0 Å². The van der Waals surface area contributed by atoms with Crippen LogP contribution in [0.5, 0.6) is 0 Å². The van der Waals surface area contributed by atoms with E-state index in [4.69, 9.17) is 4.74 Å². The van der Waals surface area contributed by atoms with Crippen molar-refractivity contribution in [3.8, 4) is 11.8 Å². The third kappa shape index (κ3) is 8.98. The van der Waals surface area contributed by atoms with E-state index in [1.807, 2.05) is 30.3 Å². The molecule has 0 radical (unpaired) electrons. The van der Waals surface area contributed by atoms with Crippen molar-refractivity contribution in [2.75, 3.05) is 45.9 Å². The van der Waals surface area contributed by atoms with E-state index in [1.165, 1.54) is 6.42 Å². The lowest BCUT2D eigenvalue weighted by Crippen LogP contribution is -3.00. The minimum atomic E-state index is 0. The first-order chi connectivity index (χ1) is 9.45. The van der Waals surface area contributed by atoms with Gasteiger partial charge in [-0.25, -0.2) is 0 Å². The first-order valence-corrected chi connectivity index (χ1v) is 7.00. The van der Waals surface area contributed by atoms with Gasteiger partial charge in [-0.05, 0) is 31.6 Å². The Labute approximate surface area is 140 Å². The van der Waals surface area contributed by atoms with Crippen LogP contribution in [0.2, 0.25) is 0 Å². The molecule has 118 valence electrons. The van der Waals surface area contributed by atoms with Gasteiger partial charge in [-0.3, -0.25) is 4.90 Å². The Bertz CT molecular complexity index is 411. The summed E-state index contributed by atoms with van der Waals surface area (Å²) in [6, 6.07) is 10.1. The minimum Gasteiger partial charge on any atom is -1.00 e. The minimum absolute atomic E-state index is 0. The number of nitrogens with one attached hydrogen (secondary N) is 1. The molecule has 0 amide bonds. The third-order valence-corrected chi connectivity index (χ3v) is 3.15. The Balaban J connectivity index is 0.00000200. The van der Waals surface area contributed by atoms with E-state index in [2.05, 4.69) is 22.1 Å². The molecule has 1 aliphatic heterocycles. The van der Waals surface area contributed by atoms with Crippen molar-refractivity contribution in [2.24, 2.45) is 0 Å². The maximum atomic E-state index is 5.33. The molecule has 21 heavy (non-hydrogen) atoms. The van der Waals surface area contributed by atoms with Crippen molar-refractivity contribution in [3.63, 3.8) is 0 Å². The first kappa shape index (κ1) is 20.2. The molecule has 0 bridgehead atoms. The SMILES string of the molecule is C(#Cc1ccccc1)CNCCCN1CCOCC1.[Cl-].[Cl-]. The second kappa shape index (κ2) is 12.9. The van der Waals surface area contributed by atoms with Crippen molar-refractivity contribution >= 4 is 0 Å². The van der Waals surface area contributed by atoms with Crippen molar-refractivity contribution in [1.82, 2.24) is 10.2 Å². The molecule has 1 aliphatic rings. The number of hydrogen-bond donors (Lipinski definition) is 1. The molecule has 1 aromatic rings. The van der Waals surface area contributed by atoms with Gasteiger partial charge in [-0.15, -0.1) is 0 Å². The van der Waals surface area contributed by atoms with E-state index in [0.717, 1.165) is 51.5 Å². The molecule has 1 aromatic carbocycles. The Morgan fingerprint density at radius 3 is 2.52 bits per heavy atom. The van der Waals surface area contributed by atoms with Gasteiger partial charge in [0.2, 0.25) is 0 Å². The number of rotatable bonds is 5. The lowest BCUT2D eigenvalue weighted by molar-refractivity contribution is -0.001000. The summed E-state index contributed by atoms with van der Waals surface area (Å²) in [4.78, 5) is 2.46. The van der Waals surface area contributed by atoms with Gasteiger partial charge in [0.25, 0.3) is 0 Å². The van der Waals surface area contributed by atoms with Crippen LogP contribution in [0.4, 0.5) is 0 Å². The smallest absolute Gasteiger partial charge is 0.0594 e. The molecule has 1 heterocycles. The van der Waals surface area contributed by atoms with Gasteiger partial charge in [0.15, 0.2) is 0 Å². The average Bonchev–Trinajstić information content (AvgIpc) is 2.48. The second-order valence-electron chi connectivity index (χ2n) is 4.65. The predicted molar refractivity (Wildman–Crippen MR) is 78.1 cm³/mol. The molecule has 3 nitrogen and oxygen atoms in total. The maximum Gasteiger partial charge on any atom is 0.0594 e. The van der Waals surface area contributed by atoms with E-state index in [0.29, 0.717) is 0 Å². The molecular formula is C16H22Cl2N2O-2. The van der Waals surface area contributed by atoms with Gasteiger partial charge in [-0.2, -0.15) is 0 Å². The zero-order valence-electron chi connectivity index (χ0n) is 12.2. The van der Waals surface area contributed by atoms with E-state index in [9.17, 15) is 0 Å². The standard InChI is InChI=1S/C16H22N2O.2ClH/c1-2-6-16(7-3-1)8-4-9-17-10-5-11-18-12-14-19-15-13-18;;/h1-3,6-7,17H,5,9-15H2;2*1H/p-2. The zero-order valence-corrected chi connectivity index (χ0v) is 13.7. The number of hydrogen-bond acceptors (Lipinski definition) is 3. The van der Waals surface area contributed by atoms with Crippen LogP contribution < -0.4 is 30.1 Å². The fraction of sp³-hybridized carbons (Fsp3) is 0.500. The molecule has 0 saturated carbocycles. The molecule has 1 fully saturated rings. The molecular weight excluding hydrogens is 307 g/mol. The molecule has 2 rings (SSSR count). The molecule has 1 N–H and O–H groups in total. The molecule has 0 atom stereocenters. The van der Waals surface area contributed by atoms with Crippen LogP contribution in [0.1, 0.15) is 12.0 Å². The van der Waals surface area contributed by atoms with E-state index >= 15 is 0 Å². The summed E-state index contributed by atoms with van der Waals surface area (Å²) in [5, 5.41) is 3.36. The third-order valence-electron chi connectivity index (χ3n) is 3.15. The number of benzene rings is 1. The highest BCUT2D eigenvalue weighted by Gasteiger charge is 2.08. The lowest BCUT2D eigenvalue weighted by atomic mass is 10.2. The Kier molecular flexibility index (Phi) is 12.5. The van der Waals surface area contributed by atoms with Crippen LogP contribution in [0.15, 0.2) is 30.3 Å². The van der Waals surface area contributed by atoms with Crippen molar-refractivity contribution in [3.05, 3.63) is 35.9 Å². The number of ether oxygens (including phenoxy) is 1. The predicted octanol–water partition coefficient (Wildman–Crippen LogP) is -4.64. The van der Waals surface area contributed by atoms with Crippen LogP contribution in [-0.4, -0.2) is 50.8 Å². The molecule has 0 spiro atoms. The van der Waals surface area contributed by atoms with Crippen molar-refractivity contribution in [1.29, 1.82) is 0 Å². The van der Waals surface area contributed by atoms with Crippen LogP contribution in [0.25, 0.3) is 0 Å². The quantitative estimate of drug-likeness (QED) is 0.435. The number of morpholine rings is 1. The van der Waals surface area contributed by atoms with Gasteiger partial charge < -0.3 is 34.9 Å². The summed E-state index contributed by atoms with van der Waals surface area (Å²) in [6.07, 6.45) is 1.17. The number of nitrogens with zero attached hydrogens (tertiary/aromatic N) is 1. The van der Waals surface area contributed by atoms with Crippen molar-refractivity contribution in [2.45, 2.75) is 6.42 Å². The summed E-state index contributed by atoms with van der Waals surface area (Å²) < 4.78 is 5.33. The fourth-order valence-electron chi connectivity index (χ4n) is 2.07. The van der Waals surface area contributed by atoms with Crippen LogP contribution >= 0.6 is 0 Å². The van der Waals surface area contributed by atoms with E-state index in [1.54, 1.807) is 0 Å². The van der Waals surface area contributed by atoms with Gasteiger partial charge in [0.1, 0.15) is 0 Å². The Hall–Kier alpha value is -0.760. The summed E-state index contributed by atoms with van der Waals surface area (Å²) in [6.45, 7) is 6.87. The van der Waals surface area contributed by atoms with E-state index in [-0.39, 0.29) is 24.8 Å². The monoisotopic (exact) mass is 328 g/mol. The first-order valence-electron chi connectivity index (χ1n) is 7.00. The molecule has 1 saturated heterocycles. The summed E-state index contributed by atoms with van der Waals surface area (Å²) >= 11 is 0. The maximum absolute atomic E-state index is 5.33. The average molecular weight is 329 g/mol. The highest BCUT2D eigenvalue weighted by atomic mass is 35.5.